The lowest BCUT2D eigenvalue weighted by Crippen LogP contribution is -2.10. The summed E-state index contributed by atoms with van der Waals surface area (Å²) in [5.41, 5.74) is 2.57. The minimum absolute atomic E-state index is 0.0959. The number of halogens is 1. The average molecular weight is 378 g/mol. The van der Waals surface area contributed by atoms with Crippen LogP contribution in [0.4, 0.5) is 0 Å². The van der Waals surface area contributed by atoms with Crippen LogP contribution in [0.25, 0.3) is 22.4 Å². The molecule has 5 heteroatoms. The molecule has 20 heavy (non-hydrogen) atoms. The van der Waals surface area contributed by atoms with Gasteiger partial charge < -0.3 is 9.67 Å². The number of para-hydroxylation sites is 2. The van der Waals surface area contributed by atoms with Crippen molar-refractivity contribution in [3.05, 3.63) is 52.1 Å². The molecule has 0 amide bonds. The fraction of sp³-hybridized carbons (Fsp3) is 0.0667. The molecular formula is C15H11IN2O2. The highest BCUT2D eigenvalue weighted by Gasteiger charge is 2.14. The van der Waals surface area contributed by atoms with Crippen LogP contribution in [0.15, 0.2) is 48.5 Å². The maximum Gasteiger partial charge on any atom is 0.323 e. The van der Waals surface area contributed by atoms with E-state index in [0.717, 1.165) is 20.2 Å². The molecule has 4 nitrogen and oxygen atoms in total. The zero-order chi connectivity index (χ0) is 14.1. The minimum Gasteiger partial charge on any atom is -0.480 e. The summed E-state index contributed by atoms with van der Waals surface area (Å²) in [7, 11) is 0. The van der Waals surface area contributed by atoms with E-state index in [9.17, 15) is 4.79 Å². The van der Waals surface area contributed by atoms with Crippen molar-refractivity contribution in [3.63, 3.8) is 0 Å². The predicted molar refractivity (Wildman–Crippen MR) is 85.5 cm³/mol. The molecule has 0 radical (unpaired) electrons. The van der Waals surface area contributed by atoms with Crippen LogP contribution >= 0.6 is 22.6 Å². The van der Waals surface area contributed by atoms with Crippen LogP contribution in [0, 0.1) is 3.57 Å². The highest BCUT2D eigenvalue weighted by Crippen LogP contribution is 2.25. The smallest absolute Gasteiger partial charge is 0.323 e. The molecule has 0 saturated carbocycles. The van der Waals surface area contributed by atoms with Crippen LogP contribution in [0.5, 0.6) is 0 Å². The van der Waals surface area contributed by atoms with Gasteiger partial charge >= 0.3 is 5.97 Å². The van der Waals surface area contributed by atoms with Gasteiger partial charge in [0.25, 0.3) is 0 Å². The number of carboxylic acid groups (broad SMARTS) is 1. The molecule has 1 N–H and O–H groups in total. The number of aliphatic carboxylic acids is 1. The van der Waals surface area contributed by atoms with Crippen molar-refractivity contribution in [2.75, 3.05) is 0 Å². The molecule has 0 saturated heterocycles. The molecule has 0 spiro atoms. The Bertz CT molecular complexity index is 795. The first kappa shape index (κ1) is 13.1. The fourth-order valence-corrected chi connectivity index (χ4v) is 2.76. The normalized spacial score (nSPS) is 10.8. The number of fused-ring (bicyclic) bond motifs is 1. The first-order chi connectivity index (χ1) is 9.65. The fourth-order valence-electron chi connectivity index (χ4n) is 2.22. The highest BCUT2D eigenvalue weighted by molar-refractivity contribution is 14.1. The second-order valence-electron chi connectivity index (χ2n) is 4.41. The summed E-state index contributed by atoms with van der Waals surface area (Å²) in [4.78, 5) is 15.7. The summed E-state index contributed by atoms with van der Waals surface area (Å²) in [6, 6.07) is 15.5. The molecule has 0 unspecified atom stereocenters. The van der Waals surface area contributed by atoms with E-state index in [0.29, 0.717) is 5.82 Å². The Hall–Kier alpha value is -1.89. The third kappa shape index (κ3) is 2.40. The Morgan fingerprint density at radius 1 is 1.20 bits per heavy atom. The number of nitrogens with zero attached hydrogens (tertiary/aromatic N) is 2. The molecule has 0 aliphatic rings. The third-order valence-corrected chi connectivity index (χ3v) is 3.70. The average Bonchev–Trinajstić information content (AvgIpc) is 2.77. The molecule has 3 rings (SSSR count). The summed E-state index contributed by atoms with van der Waals surface area (Å²) in [5, 5.41) is 9.12. The molecule has 0 aliphatic carbocycles. The monoisotopic (exact) mass is 378 g/mol. The minimum atomic E-state index is -0.875. The first-order valence-electron chi connectivity index (χ1n) is 6.08. The van der Waals surface area contributed by atoms with E-state index in [1.54, 1.807) is 4.57 Å². The standard InChI is InChI=1S/C15H11IN2O2/c16-11-5-3-4-10(8-11)15-17-12-6-1-2-7-13(12)18(15)9-14(19)20/h1-8H,9H2,(H,19,20). The van der Waals surface area contributed by atoms with Gasteiger partial charge in [0.05, 0.1) is 11.0 Å². The highest BCUT2D eigenvalue weighted by atomic mass is 127. The maximum absolute atomic E-state index is 11.1. The van der Waals surface area contributed by atoms with E-state index in [2.05, 4.69) is 27.6 Å². The molecule has 1 heterocycles. The Kier molecular flexibility index (Phi) is 3.43. The number of carbonyl (C=O) groups is 1. The number of imidazole rings is 1. The van der Waals surface area contributed by atoms with Gasteiger partial charge in [0.15, 0.2) is 0 Å². The lowest BCUT2D eigenvalue weighted by Gasteiger charge is -2.06. The number of hydrogen-bond donors (Lipinski definition) is 1. The predicted octanol–water partition coefficient (Wildman–Crippen LogP) is 3.39. The van der Waals surface area contributed by atoms with Crippen LogP contribution in [-0.4, -0.2) is 20.6 Å². The Balaban J connectivity index is 2.26. The zero-order valence-electron chi connectivity index (χ0n) is 10.5. The molecule has 3 aromatic rings. The zero-order valence-corrected chi connectivity index (χ0v) is 12.6. The van der Waals surface area contributed by atoms with Crippen molar-refractivity contribution in [1.82, 2.24) is 9.55 Å². The van der Waals surface area contributed by atoms with Gasteiger partial charge in [-0.1, -0.05) is 24.3 Å². The Morgan fingerprint density at radius 3 is 2.75 bits per heavy atom. The van der Waals surface area contributed by atoms with Gasteiger partial charge in [0.2, 0.25) is 0 Å². The summed E-state index contributed by atoms with van der Waals surface area (Å²) in [6.07, 6.45) is 0. The molecule has 0 atom stereocenters. The van der Waals surface area contributed by atoms with Crippen molar-refractivity contribution in [3.8, 4) is 11.4 Å². The molecule has 0 aliphatic heterocycles. The molecule has 2 aromatic carbocycles. The largest absolute Gasteiger partial charge is 0.480 e. The molecule has 1 aromatic heterocycles. The summed E-state index contributed by atoms with van der Waals surface area (Å²) in [5.74, 6) is -0.188. The van der Waals surface area contributed by atoms with Crippen molar-refractivity contribution in [2.24, 2.45) is 0 Å². The van der Waals surface area contributed by atoms with Gasteiger partial charge in [-0.3, -0.25) is 4.79 Å². The SMILES string of the molecule is O=C(O)Cn1c(-c2cccc(I)c2)nc2ccccc21. The second kappa shape index (κ2) is 5.24. The number of rotatable bonds is 3. The molecule has 0 bridgehead atoms. The van der Waals surface area contributed by atoms with Gasteiger partial charge in [-0.05, 0) is 46.9 Å². The van der Waals surface area contributed by atoms with E-state index in [-0.39, 0.29) is 6.54 Å². The van der Waals surface area contributed by atoms with Crippen molar-refractivity contribution < 1.29 is 9.90 Å². The van der Waals surface area contributed by atoms with E-state index < -0.39 is 5.97 Å². The molecule has 0 fully saturated rings. The van der Waals surface area contributed by atoms with Crippen LogP contribution in [0.1, 0.15) is 0 Å². The van der Waals surface area contributed by atoms with Crippen molar-refractivity contribution in [2.45, 2.75) is 6.54 Å². The van der Waals surface area contributed by atoms with Crippen LogP contribution in [0.2, 0.25) is 0 Å². The summed E-state index contributed by atoms with van der Waals surface area (Å²) in [6.45, 7) is -0.0959. The lowest BCUT2D eigenvalue weighted by atomic mass is 10.2. The Morgan fingerprint density at radius 2 is 2.00 bits per heavy atom. The van der Waals surface area contributed by atoms with Crippen LogP contribution in [0.3, 0.4) is 0 Å². The number of carboxylic acids is 1. The van der Waals surface area contributed by atoms with Crippen LogP contribution in [-0.2, 0) is 11.3 Å². The van der Waals surface area contributed by atoms with E-state index in [4.69, 9.17) is 5.11 Å². The van der Waals surface area contributed by atoms with Crippen molar-refractivity contribution >= 4 is 39.6 Å². The van der Waals surface area contributed by atoms with Gasteiger partial charge in [-0.25, -0.2) is 4.98 Å². The number of benzene rings is 2. The van der Waals surface area contributed by atoms with Gasteiger partial charge in [0, 0.05) is 9.13 Å². The van der Waals surface area contributed by atoms with E-state index in [1.165, 1.54) is 0 Å². The number of aromatic nitrogens is 2. The van der Waals surface area contributed by atoms with Crippen molar-refractivity contribution in [1.29, 1.82) is 0 Å². The second-order valence-corrected chi connectivity index (χ2v) is 5.66. The van der Waals surface area contributed by atoms with Gasteiger partial charge in [-0.15, -0.1) is 0 Å². The maximum atomic E-state index is 11.1. The quantitative estimate of drug-likeness (QED) is 0.711. The van der Waals surface area contributed by atoms with E-state index >= 15 is 0 Å². The van der Waals surface area contributed by atoms with Crippen LogP contribution < -0.4 is 0 Å². The van der Waals surface area contributed by atoms with Gasteiger partial charge in [0.1, 0.15) is 12.4 Å². The first-order valence-corrected chi connectivity index (χ1v) is 7.16. The topological polar surface area (TPSA) is 55.1 Å². The van der Waals surface area contributed by atoms with E-state index in [1.807, 2.05) is 48.5 Å². The summed E-state index contributed by atoms with van der Waals surface area (Å²) >= 11 is 2.23. The molecule has 100 valence electrons. The lowest BCUT2D eigenvalue weighted by molar-refractivity contribution is -0.137. The number of hydrogen-bond acceptors (Lipinski definition) is 2. The molecular weight excluding hydrogens is 367 g/mol. The Labute approximate surface area is 129 Å². The van der Waals surface area contributed by atoms with Gasteiger partial charge in [-0.2, -0.15) is 0 Å². The third-order valence-electron chi connectivity index (χ3n) is 3.03. The summed E-state index contributed by atoms with van der Waals surface area (Å²) < 4.78 is 2.83.